The fraction of sp³-hybridized carbons (Fsp3) is 0.467. The highest BCUT2D eigenvalue weighted by Crippen LogP contribution is 2.03. The Morgan fingerprint density at radius 1 is 1.20 bits per heavy atom. The van der Waals surface area contributed by atoms with E-state index in [2.05, 4.69) is 10.6 Å². The summed E-state index contributed by atoms with van der Waals surface area (Å²) in [5.41, 5.74) is 2.17. The first-order valence-electron chi connectivity index (χ1n) is 7.00. The number of benzene rings is 1. The zero-order chi connectivity index (χ0) is 14.4. The molecule has 0 spiro atoms. The number of carbonyl (C=O) groups excluding carboxylic acids is 2. The van der Waals surface area contributed by atoms with Gasteiger partial charge in [-0.05, 0) is 25.5 Å². The van der Waals surface area contributed by atoms with Crippen molar-refractivity contribution in [2.45, 2.75) is 19.9 Å². The highest BCUT2D eigenvalue weighted by atomic mass is 16.2. The maximum absolute atomic E-state index is 12.0. The van der Waals surface area contributed by atoms with Crippen LogP contribution in [0.4, 0.5) is 0 Å². The molecule has 1 aromatic carbocycles. The minimum atomic E-state index is -0.521. The van der Waals surface area contributed by atoms with E-state index in [4.69, 9.17) is 0 Å². The van der Waals surface area contributed by atoms with E-state index >= 15 is 0 Å². The molecule has 0 atom stereocenters. The molecule has 1 aliphatic rings. The zero-order valence-corrected chi connectivity index (χ0v) is 11.8. The predicted octanol–water partition coefficient (Wildman–Crippen LogP) is 0.433. The Bertz CT molecular complexity index is 463. The molecule has 1 aromatic rings. The summed E-state index contributed by atoms with van der Waals surface area (Å²) in [6.45, 7) is 5.28. The number of hydrogen-bond donors (Lipinski definition) is 2. The molecule has 0 unspecified atom stereocenters. The molecule has 0 saturated carbocycles. The lowest BCUT2D eigenvalue weighted by Gasteiger charge is -2.19. The lowest BCUT2D eigenvalue weighted by atomic mass is 10.1. The molecule has 1 heterocycles. The van der Waals surface area contributed by atoms with Crippen LogP contribution in [-0.4, -0.2) is 42.9 Å². The van der Waals surface area contributed by atoms with Gasteiger partial charge in [0.05, 0.1) is 0 Å². The van der Waals surface area contributed by atoms with Crippen molar-refractivity contribution in [2.75, 3.05) is 26.2 Å². The number of carbonyl (C=O) groups is 2. The molecule has 5 heteroatoms. The van der Waals surface area contributed by atoms with Gasteiger partial charge >= 0.3 is 11.8 Å². The molecule has 20 heavy (non-hydrogen) atoms. The monoisotopic (exact) mass is 275 g/mol. The van der Waals surface area contributed by atoms with Gasteiger partial charge < -0.3 is 15.5 Å². The molecule has 108 valence electrons. The largest absolute Gasteiger partial charge is 0.344 e. The molecule has 5 nitrogen and oxygen atoms in total. The maximum atomic E-state index is 12.0. The highest BCUT2D eigenvalue weighted by molar-refractivity contribution is 6.34. The lowest BCUT2D eigenvalue weighted by molar-refractivity contribution is -0.145. The van der Waals surface area contributed by atoms with Crippen LogP contribution < -0.4 is 10.6 Å². The number of rotatable bonds is 2. The third-order valence-corrected chi connectivity index (χ3v) is 3.40. The van der Waals surface area contributed by atoms with Crippen LogP contribution in [0.25, 0.3) is 0 Å². The van der Waals surface area contributed by atoms with Crippen molar-refractivity contribution >= 4 is 11.8 Å². The van der Waals surface area contributed by atoms with Crippen LogP contribution in [0.1, 0.15) is 17.5 Å². The molecule has 0 aromatic heterocycles. The van der Waals surface area contributed by atoms with Crippen molar-refractivity contribution in [3.05, 3.63) is 35.4 Å². The molecule has 0 aliphatic carbocycles. The van der Waals surface area contributed by atoms with Crippen LogP contribution in [0.15, 0.2) is 24.3 Å². The molecule has 1 fully saturated rings. The van der Waals surface area contributed by atoms with Gasteiger partial charge in [-0.15, -0.1) is 0 Å². The second kappa shape index (κ2) is 7.05. The third kappa shape index (κ3) is 4.06. The van der Waals surface area contributed by atoms with E-state index in [-0.39, 0.29) is 0 Å². The Balaban J connectivity index is 1.84. The normalized spacial score (nSPS) is 15.6. The number of nitrogens with zero attached hydrogens (tertiary/aromatic N) is 1. The van der Waals surface area contributed by atoms with Gasteiger partial charge in [-0.2, -0.15) is 0 Å². The van der Waals surface area contributed by atoms with E-state index in [1.54, 1.807) is 4.90 Å². The van der Waals surface area contributed by atoms with Crippen molar-refractivity contribution in [3.63, 3.8) is 0 Å². The summed E-state index contributed by atoms with van der Waals surface area (Å²) in [5, 5.41) is 5.89. The lowest BCUT2D eigenvalue weighted by Crippen LogP contribution is -2.44. The Morgan fingerprint density at radius 3 is 2.70 bits per heavy atom. The van der Waals surface area contributed by atoms with Crippen molar-refractivity contribution in [1.82, 2.24) is 15.5 Å². The van der Waals surface area contributed by atoms with Crippen molar-refractivity contribution < 1.29 is 9.59 Å². The zero-order valence-electron chi connectivity index (χ0n) is 11.8. The van der Waals surface area contributed by atoms with Gasteiger partial charge in [0.15, 0.2) is 0 Å². The molecule has 2 rings (SSSR count). The molecule has 1 saturated heterocycles. The fourth-order valence-electron chi connectivity index (χ4n) is 2.16. The minimum Gasteiger partial charge on any atom is -0.344 e. The van der Waals surface area contributed by atoms with Crippen molar-refractivity contribution in [1.29, 1.82) is 0 Å². The van der Waals surface area contributed by atoms with Crippen LogP contribution in [0, 0.1) is 6.92 Å². The summed E-state index contributed by atoms with van der Waals surface area (Å²) in [7, 11) is 0. The molecular weight excluding hydrogens is 254 g/mol. The van der Waals surface area contributed by atoms with Crippen LogP contribution >= 0.6 is 0 Å². The number of hydrogen-bond acceptors (Lipinski definition) is 3. The summed E-state index contributed by atoms with van der Waals surface area (Å²) >= 11 is 0. The Hall–Kier alpha value is -1.88. The first kappa shape index (κ1) is 14.5. The molecule has 2 N–H and O–H groups in total. The van der Waals surface area contributed by atoms with E-state index in [0.29, 0.717) is 19.6 Å². The van der Waals surface area contributed by atoms with Gasteiger partial charge in [0, 0.05) is 26.2 Å². The van der Waals surface area contributed by atoms with Gasteiger partial charge in [-0.1, -0.05) is 29.8 Å². The molecule has 2 amide bonds. The SMILES string of the molecule is Cc1ccc(CNC(=O)C(=O)N2CCCNCC2)cc1. The quantitative estimate of drug-likeness (QED) is 0.770. The van der Waals surface area contributed by atoms with Crippen LogP contribution in [0.5, 0.6) is 0 Å². The average Bonchev–Trinajstić information content (AvgIpc) is 2.74. The molecule has 0 radical (unpaired) electrons. The minimum absolute atomic E-state index is 0.386. The van der Waals surface area contributed by atoms with Gasteiger partial charge in [-0.3, -0.25) is 9.59 Å². The van der Waals surface area contributed by atoms with Crippen molar-refractivity contribution in [3.8, 4) is 0 Å². The summed E-state index contributed by atoms with van der Waals surface area (Å²) in [6.07, 6.45) is 0.886. The molecule has 0 bridgehead atoms. The maximum Gasteiger partial charge on any atom is 0.311 e. The van der Waals surface area contributed by atoms with Gasteiger partial charge in [0.1, 0.15) is 0 Å². The van der Waals surface area contributed by atoms with Crippen LogP contribution in [0.2, 0.25) is 0 Å². The van der Waals surface area contributed by atoms with E-state index in [1.807, 2.05) is 31.2 Å². The average molecular weight is 275 g/mol. The molecule has 1 aliphatic heterocycles. The first-order chi connectivity index (χ1) is 9.66. The van der Waals surface area contributed by atoms with Crippen LogP contribution in [-0.2, 0) is 16.1 Å². The topological polar surface area (TPSA) is 61.4 Å². The highest BCUT2D eigenvalue weighted by Gasteiger charge is 2.21. The Kier molecular flexibility index (Phi) is 5.12. The van der Waals surface area contributed by atoms with E-state index in [0.717, 1.165) is 25.1 Å². The van der Waals surface area contributed by atoms with Crippen LogP contribution in [0.3, 0.4) is 0 Å². The van der Waals surface area contributed by atoms with E-state index < -0.39 is 11.8 Å². The third-order valence-electron chi connectivity index (χ3n) is 3.40. The number of aryl methyl sites for hydroxylation is 1. The molecular formula is C15H21N3O2. The van der Waals surface area contributed by atoms with E-state index in [9.17, 15) is 9.59 Å². The van der Waals surface area contributed by atoms with Gasteiger partial charge in [-0.25, -0.2) is 0 Å². The summed E-state index contributed by atoms with van der Waals surface area (Å²) in [4.78, 5) is 25.5. The first-order valence-corrected chi connectivity index (χ1v) is 7.00. The second-order valence-electron chi connectivity index (χ2n) is 5.06. The smallest absolute Gasteiger partial charge is 0.311 e. The van der Waals surface area contributed by atoms with E-state index in [1.165, 1.54) is 5.56 Å². The standard InChI is InChI=1S/C15H21N3O2/c1-12-3-5-13(6-4-12)11-17-14(19)15(20)18-9-2-7-16-8-10-18/h3-6,16H,2,7-11H2,1H3,(H,17,19). The Labute approximate surface area is 119 Å². The number of nitrogens with one attached hydrogen (secondary N) is 2. The van der Waals surface area contributed by atoms with Gasteiger partial charge in [0.2, 0.25) is 0 Å². The summed E-state index contributed by atoms with van der Waals surface area (Å²) in [6, 6.07) is 7.89. The second-order valence-corrected chi connectivity index (χ2v) is 5.06. The number of amides is 2. The predicted molar refractivity (Wildman–Crippen MR) is 77.1 cm³/mol. The van der Waals surface area contributed by atoms with Crippen molar-refractivity contribution in [2.24, 2.45) is 0 Å². The fourth-order valence-corrected chi connectivity index (χ4v) is 2.16. The summed E-state index contributed by atoms with van der Waals surface area (Å²) in [5.74, 6) is -0.951. The summed E-state index contributed by atoms with van der Waals surface area (Å²) < 4.78 is 0. The van der Waals surface area contributed by atoms with Gasteiger partial charge in [0.25, 0.3) is 0 Å². The Morgan fingerprint density at radius 2 is 1.95 bits per heavy atom.